The van der Waals surface area contributed by atoms with Crippen molar-refractivity contribution in [2.75, 3.05) is 5.33 Å². The highest BCUT2D eigenvalue weighted by molar-refractivity contribution is 9.09. The van der Waals surface area contributed by atoms with Crippen molar-refractivity contribution in [3.8, 4) is 0 Å². The number of aromatic amines is 1. The minimum absolute atomic E-state index is 0.123. The van der Waals surface area contributed by atoms with Crippen LogP contribution in [0.25, 0.3) is 0 Å². The Balaban J connectivity index is 2.45. The Morgan fingerprint density at radius 1 is 1.24 bits per heavy atom. The molecular formula is C14H14BrNO4S. The van der Waals surface area contributed by atoms with Crippen LogP contribution in [-0.2, 0) is 19.4 Å². The first-order valence-electron chi connectivity index (χ1n) is 6.18. The molecule has 1 N–H and O–H groups in total. The van der Waals surface area contributed by atoms with Crippen LogP contribution in [0.15, 0.2) is 53.7 Å². The van der Waals surface area contributed by atoms with E-state index in [1.807, 2.05) is 0 Å². The zero-order valence-corrected chi connectivity index (χ0v) is 13.4. The molecule has 112 valence electrons. The number of rotatable bonds is 7. The van der Waals surface area contributed by atoms with Crippen LogP contribution in [0.1, 0.15) is 11.5 Å². The third-order valence-corrected chi connectivity index (χ3v) is 5.79. The van der Waals surface area contributed by atoms with Gasteiger partial charge in [-0.3, -0.25) is 4.79 Å². The lowest BCUT2D eigenvalue weighted by Gasteiger charge is -2.23. The number of aromatic nitrogens is 1. The summed E-state index contributed by atoms with van der Waals surface area (Å²) in [4.78, 5) is 13.8. The summed E-state index contributed by atoms with van der Waals surface area (Å²) in [6.45, 7) is 0.174. The second-order valence-corrected chi connectivity index (χ2v) is 7.04. The number of carbonyl (C=O) groups excluding carboxylic acids is 1. The van der Waals surface area contributed by atoms with E-state index in [1.54, 1.807) is 36.7 Å². The quantitative estimate of drug-likeness (QED) is 0.599. The number of benzene rings is 1. The number of nitrogens with one attached hydrogen (secondary N) is 1. The molecule has 0 aliphatic carbocycles. The van der Waals surface area contributed by atoms with E-state index in [9.17, 15) is 13.2 Å². The molecule has 1 aromatic heterocycles. The van der Waals surface area contributed by atoms with Gasteiger partial charge in [0, 0.05) is 23.6 Å². The topological polar surface area (TPSA) is 76.2 Å². The van der Waals surface area contributed by atoms with Crippen molar-refractivity contribution in [2.45, 2.75) is 16.2 Å². The van der Waals surface area contributed by atoms with E-state index in [4.69, 9.17) is 4.74 Å². The largest absolute Gasteiger partial charge is 0.447 e. The first kappa shape index (κ1) is 15.8. The van der Waals surface area contributed by atoms with Gasteiger partial charge in [-0.2, -0.15) is 0 Å². The molecule has 0 aliphatic rings. The Labute approximate surface area is 131 Å². The fourth-order valence-electron chi connectivity index (χ4n) is 2.07. The molecule has 0 amide bonds. The normalized spacial score (nSPS) is 14.3. The summed E-state index contributed by atoms with van der Waals surface area (Å²) in [6, 6.07) is 9.71. The number of ether oxygens (including phenoxy) is 1. The highest BCUT2D eigenvalue weighted by Crippen LogP contribution is 2.30. The Hall–Kier alpha value is -1.60. The monoisotopic (exact) mass is 371 g/mol. The van der Waals surface area contributed by atoms with Crippen molar-refractivity contribution in [1.82, 2.24) is 4.98 Å². The van der Waals surface area contributed by atoms with Gasteiger partial charge in [0.1, 0.15) is 0 Å². The van der Waals surface area contributed by atoms with Crippen molar-refractivity contribution < 1.29 is 17.9 Å². The Morgan fingerprint density at radius 3 is 2.48 bits per heavy atom. The Kier molecular flexibility index (Phi) is 5.19. The predicted molar refractivity (Wildman–Crippen MR) is 81.9 cm³/mol. The first-order valence-corrected chi connectivity index (χ1v) is 8.84. The lowest BCUT2D eigenvalue weighted by Crippen LogP contribution is -2.32. The van der Waals surface area contributed by atoms with Gasteiger partial charge < -0.3 is 9.72 Å². The van der Waals surface area contributed by atoms with Crippen LogP contribution in [0.3, 0.4) is 0 Å². The molecule has 1 aromatic carbocycles. The smallest absolute Gasteiger partial charge is 0.294 e. The molecule has 1 heterocycles. The highest BCUT2D eigenvalue weighted by atomic mass is 79.9. The third kappa shape index (κ3) is 3.36. The SMILES string of the molecule is O=COC(C(CBr)c1cc[nH]c1)S(=O)(=O)c1ccccc1. The van der Waals surface area contributed by atoms with Gasteiger partial charge in [0.25, 0.3) is 6.47 Å². The molecule has 2 atom stereocenters. The Morgan fingerprint density at radius 2 is 1.95 bits per heavy atom. The van der Waals surface area contributed by atoms with Crippen LogP contribution in [0.4, 0.5) is 0 Å². The maximum Gasteiger partial charge on any atom is 0.294 e. The van der Waals surface area contributed by atoms with E-state index in [2.05, 4.69) is 20.9 Å². The molecule has 0 radical (unpaired) electrons. The van der Waals surface area contributed by atoms with Gasteiger partial charge in [0.15, 0.2) is 0 Å². The van der Waals surface area contributed by atoms with Crippen LogP contribution in [0, 0.1) is 0 Å². The van der Waals surface area contributed by atoms with Crippen molar-refractivity contribution >= 4 is 32.2 Å². The zero-order valence-electron chi connectivity index (χ0n) is 11.0. The van der Waals surface area contributed by atoms with E-state index < -0.39 is 21.2 Å². The minimum atomic E-state index is -3.80. The van der Waals surface area contributed by atoms with Crippen molar-refractivity contribution in [2.24, 2.45) is 0 Å². The Bertz CT molecular complexity index is 670. The fraction of sp³-hybridized carbons (Fsp3) is 0.214. The zero-order chi connectivity index (χ0) is 15.3. The summed E-state index contributed by atoms with van der Waals surface area (Å²) >= 11 is 3.30. The molecule has 0 aliphatic heterocycles. The maximum absolute atomic E-state index is 12.7. The summed E-state index contributed by atoms with van der Waals surface area (Å²) in [5.74, 6) is -0.508. The number of halogens is 1. The first-order chi connectivity index (χ1) is 10.1. The molecule has 5 nitrogen and oxygen atoms in total. The van der Waals surface area contributed by atoms with Gasteiger partial charge in [-0.15, -0.1) is 0 Å². The summed E-state index contributed by atoms with van der Waals surface area (Å²) in [6.07, 6.45) is 3.38. The molecule has 21 heavy (non-hydrogen) atoms. The third-order valence-electron chi connectivity index (χ3n) is 3.11. The number of hydrogen-bond acceptors (Lipinski definition) is 4. The summed E-state index contributed by atoms with van der Waals surface area (Å²) in [5.41, 5.74) is -0.536. The lowest BCUT2D eigenvalue weighted by atomic mass is 10.1. The average Bonchev–Trinajstić information content (AvgIpc) is 3.02. The van der Waals surface area contributed by atoms with Crippen LogP contribution in [-0.4, -0.2) is 30.6 Å². The second-order valence-electron chi connectivity index (χ2n) is 4.36. The van der Waals surface area contributed by atoms with E-state index in [0.717, 1.165) is 5.56 Å². The van der Waals surface area contributed by atoms with Crippen LogP contribution >= 0.6 is 15.9 Å². The number of alkyl halides is 1. The van der Waals surface area contributed by atoms with E-state index in [1.165, 1.54) is 12.1 Å². The van der Waals surface area contributed by atoms with Crippen LogP contribution < -0.4 is 0 Å². The van der Waals surface area contributed by atoms with Crippen LogP contribution in [0.2, 0.25) is 0 Å². The molecule has 2 aromatic rings. The fourth-order valence-corrected chi connectivity index (χ4v) is 4.71. The van der Waals surface area contributed by atoms with Crippen molar-refractivity contribution in [1.29, 1.82) is 0 Å². The maximum atomic E-state index is 12.7. The molecular weight excluding hydrogens is 358 g/mol. The number of H-pyrrole nitrogens is 1. The second kappa shape index (κ2) is 6.91. The molecule has 7 heteroatoms. The summed E-state index contributed by atoms with van der Waals surface area (Å²) in [5, 5.41) is 0.343. The molecule has 0 bridgehead atoms. The van der Waals surface area contributed by atoms with Gasteiger partial charge in [-0.25, -0.2) is 8.42 Å². The van der Waals surface area contributed by atoms with Gasteiger partial charge >= 0.3 is 0 Å². The van der Waals surface area contributed by atoms with Crippen molar-refractivity contribution in [3.63, 3.8) is 0 Å². The summed E-state index contributed by atoms with van der Waals surface area (Å²) in [7, 11) is -3.80. The molecule has 0 saturated carbocycles. The number of hydrogen-bond donors (Lipinski definition) is 1. The van der Waals surface area contributed by atoms with E-state index in [-0.39, 0.29) is 11.4 Å². The molecule has 2 unspecified atom stereocenters. The van der Waals surface area contributed by atoms with Crippen molar-refractivity contribution in [3.05, 3.63) is 54.4 Å². The molecule has 0 fully saturated rings. The van der Waals surface area contributed by atoms with Gasteiger partial charge in [0.2, 0.25) is 15.3 Å². The standard InChI is InChI=1S/C14H14BrNO4S/c15-8-13(11-6-7-16-9-11)14(20-10-17)21(18,19)12-4-2-1-3-5-12/h1-7,9-10,13-14,16H,8H2. The summed E-state index contributed by atoms with van der Waals surface area (Å²) < 4.78 is 30.3. The highest BCUT2D eigenvalue weighted by Gasteiger charge is 2.37. The molecule has 0 spiro atoms. The van der Waals surface area contributed by atoms with E-state index in [0.29, 0.717) is 5.33 Å². The predicted octanol–water partition coefficient (Wildman–Crippen LogP) is 2.47. The number of carbonyl (C=O) groups is 1. The minimum Gasteiger partial charge on any atom is -0.447 e. The van der Waals surface area contributed by atoms with E-state index >= 15 is 0 Å². The van der Waals surface area contributed by atoms with Gasteiger partial charge in [-0.1, -0.05) is 34.1 Å². The average molecular weight is 372 g/mol. The molecule has 0 saturated heterocycles. The number of sulfone groups is 1. The van der Waals surface area contributed by atoms with Gasteiger partial charge in [0.05, 0.1) is 4.90 Å². The lowest BCUT2D eigenvalue weighted by molar-refractivity contribution is -0.130. The van der Waals surface area contributed by atoms with Gasteiger partial charge in [-0.05, 0) is 23.8 Å². The molecule has 2 rings (SSSR count). The van der Waals surface area contributed by atoms with Crippen LogP contribution in [0.5, 0.6) is 0 Å².